The van der Waals surface area contributed by atoms with Gasteiger partial charge in [0, 0.05) is 0 Å². The van der Waals surface area contributed by atoms with Gasteiger partial charge in [-0.2, -0.15) is 0 Å². The Morgan fingerprint density at radius 1 is 1.06 bits per heavy atom. The minimum Gasteiger partial charge on any atom is -0.408 e. The van der Waals surface area contributed by atoms with E-state index in [9.17, 15) is 4.79 Å². The van der Waals surface area contributed by atoms with Gasteiger partial charge < -0.3 is 28.1 Å². The molecular weight excluding hydrogens is 476 g/mol. The Hall–Kier alpha value is -0.613. The quantitative estimate of drug-likeness (QED) is 0.245. The average molecular weight is 527 g/mol. The van der Waals surface area contributed by atoms with Gasteiger partial charge in [-0.1, -0.05) is 54.5 Å². The molecule has 0 amide bonds. The van der Waals surface area contributed by atoms with E-state index in [0.717, 1.165) is 12.8 Å². The van der Waals surface area contributed by atoms with Crippen molar-refractivity contribution in [1.82, 2.24) is 0 Å². The van der Waals surface area contributed by atoms with E-state index in [2.05, 4.69) is 54.3 Å². The van der Waals surface area contributed by atoms with Crippen LogP contribution < -0.4 is 0 Å². The minimum atomic E-state index is -2.26. The molecule has 0 aromatic carbocycles. The summed E-state index contributed by atoms with van der Waals surface area (Å²) >= 11 is 0. The molecular formula is C28H50O7Si. The van der Waals surface area contributed by atoms with E-state index in [1.54, 1.807) is 0 Å². The fraction of sp³-hybridized carbons (Fsp3) is 0.893. The van der Waals surface area contributed by atoms with Crippen molar-refractivity contribution < 1.29 is 32.9 Å². The highest BCUT2D eigenvalue weighted by Crippen LogP contribution is 2.46. The maximum atomic E-state index is 13.5. The summed E-state index contributed by atoms with van der Waals surface area (Å²) in [5.41, 5.74) is 0. The standard InChI is InChI=1S/C28H50O7Si/c1-11-16-17-19-21(29)23-25(34-28(14-4,15-5)33-23)24(31-19)22(35-36(9,10)26(6,7)8)20-18-30-27(12-2,13-3)32-20/h11,19-20,22-25H,1,12-18H2,2-10H3/t19-,20-,22+,23+,24+,25+/m1/s1. The molecule has 0 N–H and O–H groups in total. The summed E-state index contributed by atoms with van der Waals surface area (Å²) in [7, 11) is -2.26. The molecule has 7 nitrogen and oxygen atoms in total. The van der Waals surface area contributed by atoms with Crippen LogP contribution in [0.15, 0.2) is 12.7 Å². The number of hydrogen-bond acceptors (Lipinski definition) is 7. The lowest BCUT2D eigenvalue weighted by Gasteiger charge is -2.46. The van der Waals surface area contributed by atoms with E-state index in [4.69, 9.17) is 28.1 Å². The lowest BCUT2D eigenvalue weighted by atomic mass is 9.90. The SMILES string of the molecule is C=CCC[C@H]1O[C@@H]([C@@H](O[Si](C)(C)C(C)(C)C)[C@H]2COC(CC)(CC)O2)[C@H]2OC(CC)(CC)O[C@H]2C1=O. The number of ether oxygens (including phenoxy) is 5. The number of hydrogen-bond donors (Lipinski definition) is 0. The van der Waals surface area contributed by atoms with E-state index in [-0.39, 0.29) is 16.9 Å². The Bertz CT molecular complexity index is 768. The van der Waals surface area contributed by atoms with E-state index >= 15 is 0 Å². The third-order valence-corrected chi connectivity index (χ3v) is 13.3. The van der Waals surface area contributed by atoms with Crippen LogP contribution in [-0.4, -0.2) is 68.9 Å². The molecule has 8 heteroatoms. The third kappa shape index (κ3) is 5.70. The van der Waals surface area contributed by atoms with Gasteiger partial charge in [-0.3, -0.25) is 4.79 Å². The second kappa shape index (κ2) is 11.2. The largest absolute Gasteiger partial charge is 0.408 e. The summed E-state index contributed by atoms with van der Waals surface area (Å²) in [4.78, 5) is 13.5. The first-order valence-electron chi connectivity index (χ1n) is 14.0. The van der Waals surface area contributed by atoms with Crippen LogP contribution >= 0.6 is 0 Å². The molecule has 0 aromatic rings. The molecule has 36 heavy (non-hydrogen) atoms. The molecule has 3 aliphatic heterocycles. The highest BCUT2D eigenvalue weighted by molar-refractivity contribution is 6.74. The first kappa shape index (κ1) is 29.9. The Kier molecular flexibility index (Phi) is 9.35. The van der Waals surface area contributed by atoms with Crippen molar-refractivity contribution in [2.45, 2.75) is 153 Å². The van der Waals surface area contributed by atoms with Gasteiger partial charge in [-0.05, 0) is 56.7 Å². The summed E-state index contributed by atoms with van der Waals surface area (Å²) in [5.74, 6) is -1.48. The predicted octanol–water partition coefficient (Wildman–Crippen LogP) is 5.91. The van der Waals surface area contributed by atoms with E-state index in [0.29, 0.717) is 32.3 Å². The summed E-state index contributed by atoms with van der Waals surface area (Å²) in [5, 5.41) is -0.0208. The Morgan fingerprint density at radius 2 is 1.67 bits per heavy atom. The number of Topliss-reactive ketones (excluding diaryl/α,β-unsaturated/α-hetero) is 1. The monoisotopic (exact) mass is 526 g/mol. The van der Waals surface area contributed by atoms with E-state index in [1.165, 1.54) is 0 Å². The van der Waals surface area contributed by atoms with Gasteiger partial charge in [0.2, 0.25) is 0 Å². The van der Waals surface area contributed by atoms with Gasteiger partial charge >= 0.3 is 0 Å². The van der Waals surface area contributed by atoms with Gasteiger partial charge in [0.25, 0.3) is 0 Å². The van der Waals surface area contributed by atoms with Crippen molar-refractivity contribution in [1.29, 1.82) is 0 Å². The second-order valence-corrected chi connectivity index (χ2v) is 16.8. The molecule has 3 heterocycles. The molecule has 3 rings (SSSR count). The molecule has 6 atom stereocenters. The van der Waals surface area contributed by atoms with Gasteiger partial charge in [-0.25, -0.2) is 0 Å². The zero-order valence-electron chi connectivity index (χ0n) is 24.1. The fourth-order valence-electron chi connectivity index (χ4n) is 5.17. The van der Waals surface area contributed by atoms with E-state index < -0.39 is 50.4 Å². The van der Waals surface area contributed by atoms with Crippen molar-refractivity contribution in [3.05, 3.63) is 12.7 Å². The highest BCUT2D eigenvalue weighted by atomic mass is 28.4. The van der Waals surface area contributed by atoms with Gasteiger partial charge in [0.05, 0.1) is 6.61 Å². The molecule has 0 unspecified atom stereocenters. The molecule has 0 aromatic heterocycles. The summed E-state index contributed by atoms with van der Waals surface area (Å²) < 4.78 is 39.5. The molecule has 0 saturated carbocycles. The van der Waals surface area contributed by atoms with Gasteiger partial charge in [-0.15, -0.1) is 6.58 Å². The first-order chi connectivity index (χ1) is 16.8. The molecule has 0 radical (unpaired) electrons. The van der Waals surface area contributed by atoms with Crippen molar-refractivity contribution in [3.8, 4) is 0 Å². The van der Waals surface area contributed by atoms with Crippen molar-refractivity contribution >= 4 is 14.1 Å². The van der Waals surface area contributed by atoms with Crippen LogP contribution in [0, 0.1) is 0 Å². The highest BCUT2D eigenvalue weighted by Gasteiger charge is 2.61. The molecule has 3 aliphatic rings. The molecule has 0 aliphatic carbocycles. The summed E-state index contributed by atoms with van der Waals surface area (Å²) in [6.45, 7) is 23.6. The smallest absolute Gasteiger partial charge is 0.193 e. The van der Waals surface area contributed by atoms with Crippen LogP contribution in [0.2, 0.25) is 18.1 Å². The maximum Gasteiger partial charge on any atom is 0.193 e. The van der Waals surface area contributed by atoms with Crippen LogP contribution in [0.4, 0.5) is 0 Å². The number of fused-ring (bicyclic) bond motifs is 1. The summed E-state index contributed by atoms with van der Waals surface area (Å²) in [6.07, 6.45) is 2.71. The molecule has 0 spiro atoms. The topological polar surface area (TPSA) is 72.5 Å². The van der Waals surface area contributed by atoms with E-state index in [1.807, 2.05) is 19.9 Å². The Balaban J connectivity index is 2.03. The fourth-order valence-corrected chi connectivity index (χ4v) is 6.49. The van der Waals surface area contributed by atoms with Crippen molar-refractivity contribution in [2.75, 3.05) is 6.61 Å². The van der Waals surface area contributed by atoms with Crippen molar-refractivity contribution in [2.24, 2.45) is 0 Å². The average Bonchev–Trinajstić information content (AvgIpc) is 3.45. The zero-order chi connectivity index (χ0) is 26.9. The van der Waals surface area contributed by atoms with Crippen LogP contribution in [0.3, 0.4) is 0 Å². The zero-order valence-corrected chi connectivity index (χ0v) is 25.1. The normalized spacial score (nSPS) is 32.9. The molecule has 3 fully saturated rings. The molecule has 208 valence electrons. The van der Waals surface area contributed by atoms with Crippen LogP contribution in [0.5, 0.6) is 0 Å². The molecule has 3 saturated heterocycles. The van der Waals surface area contributed by atoms with Gasteiger partial charge in [0.15, 0.2) is 31.8 Å². The second-order valence-electron chi connectivity index (χ2n) is 12.0. The predicted molar refractivity (Wildman–Crippen MR) is 142 cm³/mol. The number of carbonyl (C=O) groups is 1. The first-order valence-corrected chi connectivity index (χ1v) is 16.9. The third-order valence-electron chi connectivity index (χ3n) is 8.83. The van der Waals surface area contributed by atoms with Crippen molar-refractivity contribution in [3.63, 3.8) is 0 Å². The number of rotatable bonds is 11. The van der Waals surface area contributed by atoms with Crippen LogP contribution in [-0.2, 0) is 32.9 Å². The number of carbonyl (C=O) groups excluding carboxylic acids is 1. The summed E-state index contributed by atoms with van der Waals surface area (Å²) in [6, 6.07) is 0. The minimum absolute atomic E-state index is 0.0208. The Morgan fingerprint density at radius 3 is 2.17 bits per heavy atom. The maximum absolute atomic E-state index is 13.5. The lowest BCUT2D eigenvalue weighted by Crippen LogP contribution is -2.62. The Labute approximate surface area is 219 Å². The number of allylic oxidation sites excluding steroid dienone is 1. The number of ketones is 1. The van der Waals surface area contributed by atoms with Gasteiger partial charge in [0.1, 0.15) is 30.5 Å². The molecule has 0 bridgehead atoms. The van der Waals surface area contributed by atoms with Crippen LogP contribution in [0.1, 0.15) is 87.0 Å². The lowest BCUT2D eigenvalue weighted by molar-refractivity contribution is -0.218. The van der Waals surface area contributed by atoms with Crippen LogP contribution in [0.25, 0.3) is 0 Å².